The Bertz CT molecular complexity index is 678. The molecule has 0 saturated carbocycles. The van der Waals surface area contributed by atoms with Crippen LogP contribution in [0.2, 0.25) is 0 Å². The van der Waals surface area contributed by atoms with Gasteiger partial charge in [0.1, 0.15) is 0 Å². The Morgan fingerprint density at radius 1 is 1.27 bits per heavy atom. The SMILES string of the molecule is CC(CCCO)NC(=O)C(=O)Nc1ccc2ccn(C)c2c1. The van der Waals surface area contributed by atoms with E-state index >= 15 is 0 Å². The highest BCUT2D eigenvalue weighted by molar-refractivity contribution is 6.39. The molecular formula is C16H21N3O3. The molecule has 0 fully saturated rings. The smallest absolute Gasteiger partial charge is 0.313 e. The Morgan fingerprint density at radius 2 is 2.05 bits per heavy atom. The van der Waals surface area contributed by atoms with E-state index in [2.05, 4.69) is 10.6 Å². The minimum Gasteiger partial charge on any atom is -0.396 e. The Hall–Kier alpha value is -2.34. The van der Waals surface area contributed by atoms with Crippen LogP contribution in [0.5, 0.6) is 0 Å². The van der Waals surface area contributed by atoms with Crippen LogP contribution in [0.4, 0.5) is 5.69 Å². The second-order valence-corrected chi connectivity index (χ2v) is 5.39. The van der Waals surface area contributed by atoms with Gasteiger partial charge in [0.15, 0.2) is 0 Å². The largest absolute Gasteiger partial charge is 0.396 e. The van der Waals surface area contributed by atoms with Crippen LogP contribution in [-0.4, -0.2) is 34.1 Å². The molecule has 3 N–H and O–H groups in total. The van der Waals surface area contributed by atoms with E-state index in [1.54, 1.807) is 13.0 Å². The number of nitrogens with one attached hydrogen (secondary N) is 2. The van der Waals surface area contributed by atoms with Gasteiger partial charge in [0.25, 0.3) is 0 Å². The summed E-state index contributed by atoms with van der Waals surface area (Å²) in [4.78, 5) is 23.7. The summed E-state index contributed by atoms with van der Waals surface area (Å²) in [7, 11) is 1.92. The zero-order valence-corrected chi connectivity index (χ0v) is 12.8. The highest BCUT2D eigenvalue weighted by atomic mass is 16.3. The van der Waals surface area contributed by atoms with Crippen molar-refractivity contribution < 1.29 is 14.7 Å². The third-order valence-electron chi connectivity index (χ3n) is 3.52. The van der Waals surface area contributed by atoms with Crippen LogP contribution in [0.25, 0.3) is 10.9 Å². The standard InChI is InChI=1S/C16H21N3O3/c1-11(4-3-9-20)17-15(21)16(22)18-13-6-5-12-7-8-19(2)14(12)10-13/h5-8,10-11,20H,3-4,9H2,1-2H3,(H,17,21)(H,18,22). The topological polar surface area (TPSA) is 83.4 Å². The highest BCUT2D eigenvalue weighted by Gasteiger charge is 2.16. The van der Waals surface area contributed by atoms with Gasteiger partial charge >= 0.3 is 11.8 Å². The molecule has 2 aromatic rings. The lowest BCUT2D eigenvalue weighted by Crippen LogP contribution is -2.40. The monoisotopic (exact) mass is 303 g/mol. The van der Waals surface area contributed by atoms with Gasteiger partial charge in [-0.2, -0.15) is 0 Å². The van der Waals surface area contributed by atoms with Crippen molar-refractivity contribution in [2.75, 3.05) is 11.9 Å². The summed E-state index contributed by atoms with van der Waals surface area (Å²) < 4.78 is 1.95. The lowest BCUT2D eigenvalue weighted by Gasteiger charge is -2.13. The van der Waals surface area contributed by atoms with Crippen molar-refractivity contribution in [1.82, 2.24) is 9.88 Å². The van der Waals surface area contributed by atoms with Crippen LogP contribution in [0.15, 0.2) is 30.5 Å². The van der Waals surface area contributed by atoms with E-state index in [4.69, 9.17) is 5.11 Å². The maximum absolute atomic E-state index is 11.9. The number of nitrogens with zero attached hydrogens (tertiary/aromatic N) is 1. The first-order valence-corrected chi connectivity index (χ1v) is 7.29. The van der Waals surface area contributed by atoms with Gasteiger partial charge in [-0.15, -0.1) is 0 Å². The van der Waals surface area contributed by atoms with Crippen LogP contribution in [0, 0.1) is 0 Å². The van der Waals surface area contributed by atoms with Gasteiger partial charge in [-0.1, -0.05) is 6.07 Å². The number of aliphatic hydroxyl groups is 1. The number of rotatable bonds is 5. The van der Waals surface area contributed by atoms with Crippen LogP contribution < -0.4 is 10.6 Å². The zero-order chi connectivity index (χ0) is 16.1. The number of aryl methyl sites for hydroxylation is 1. The van der Waals surface area contributed by atoms with Crippen molar-refractivity contribution in [3.05, 3.63) is 30.5 Å². The molecule has 1 unspecified atom stereocenters. The average molecular weight is 303 g/mol. The van der Waals surface area contributed by atoms with Crippen LogP contribution >= 0.6 is 0 Å². The molecule has 0 aliphatic carbocycles. The van der Waals surface area contributed by atoms with Gasteiger partial charge in [0.2, 0.25) is 0 Å². The van der Waals surface area contributed by atoms with E-state index in [9.17, 15) is 9.59 Å². The molecule has 1 atom stereocenters. The molecular weight excluding hydrogens is 282 g/mol. The van der Waals surface area contributed by atoms with Crippen molar-refractivity contribution in [3.8, 4) is 0 Å². The molecule has 1 aromatic heterocycles. The third-order valence-corrected chi connectivity index (χ3v) is 3.52. The predicted molar refractivity (Wildman–Crippen MR) is 85.5 cm³/mol. The van der Waals surface area contributed by atoms with Crippen molar-refractivity contribution in [3.63, 3.8) is 0 Å². The van der Waals surface area contributed by atoms with Crippen LogP contribution in [0.1, 0.15) is 19.8 Å². The first-order chi connectivity index (χ1) is 10.5. The molecule has 1 aromatic carbocycles. The van der Waals surface area contributed by atoms with E-state index < -0.39 is 11.8 Å². The van der Waals surface area contributed by atoms with Gasteiger partial charge in [0, 0.05) is 37.1 Å². The number of benzene rings is 1. The lowest BCUT2D eigenvalue weighted by atomic mass is 10.2. The molecule has 0 spiro atoms. The summed E-state index contributed by atoms with van der Waals surface area (Å²) in [5.74, 6) is -1.36. The van der Waals surface area contributed by atoms with E-state index in [-0.39, 0.29) is 12.6 Å². The molecule has 0 saturated heterocycles. The number of hydrogen-bond donors (Lipinski definition) is 3. The van der Waals surface area contributed by atoms with Crippen LogP contribution in [-0.2, 0) is 16.6 Å². The minimum atomic E-state index is -0.690. The number of fused-ring (bicyclic) bond motifs is 1. The van der Waals surface area contributed by atoms with Crippen molar-refractivity contribution in [2.45, 2.75) is 25.8 Å². The third kappa shape index (κ3) is 3.85. The molecule has 6 nitrogen and oxygen atoms in total. The average Bonchev–Trinajstić information content (AvgIpc) is 2.86. The number of aliphatic hydroxyl groups excluding tert-OH is 1. The summed E-state index contributed by atoms with van der Waals surface area (Å²) in [6, 6.07) is 7.32. The zero-order valence-electron chi connectivity index (χ0n) is 12.8. The molecule has 0 bridgehead atoms. The summed E-state index contributed by atoms with van der Waals surface area (Å²) >= 11 is 0. The first-order valence-electron chi connectivity index (χ1n) is 7.29. The number of anilines is 1. The Kier molecular flexibility index (Phi) is 5.16. The van der Waals surface area contributed by atoms with Crippen LogP contribution in [0.3, 0.4) is 0 Å². The summed E-state index contributed by atoms with van der Waals surface area (Å²) in [5.41, 5.74) is 1.56. The number of hydrogen-bond acceptors (Lipinski definition) is 3. The van der Waals surface area contributed by atoms with Gasteiger partial charge in [-0.3, -0.25) is 9.59 Å². The van der Waals surface area contributed by atoms with Gasteiger partial charge in [-0.25, -0.2) is 0 Å². The molecule has 118 valence electrons. The molecule has 0 aliphatic rings. The number of carbonyl (C=O) groups excluding carboxylic acids is 2. The summed E-state index contributed by atoms with van der Waals surface area (Å²) in [6.07, 6.45) is 3.16. The Labute approximate surface area is 129 Å². The van der Waals surface area contributed by atoms with Gasteiger partial charge in [-0.05, 0) is 43.4 Å². The molecule has 6 heteroatoms. The fourth-order valence-electron chi connectivity index (χ4n) is 2.29. The predicted octanol–water partition coefficient (Wildman–Crippen LogP) is 1.39. The van der Waals surface area contributed by atoms with E-state index in [1.807, 2.05) is 36.0 Å². The number of carbonyl (C=O) groups is 2. The second-order valence-electron chi connectivity index (χ2n) is 5.39. The van der Waals surface area contributed by atoms with Crippen molar-refractivity contribution in [1.29, 1.82) is 0 Å². The first kappa shape index (κ1) is 16.0. The maximum Gasteiger partial charge on any atom is 0.313 e. The van der Waals surface area contributed by atoms with E-state index in [1.165, 1.54) is 0 Å². The number of aromatic nitrogens is 1. The highest BCUT2D eigenvalue weighted by Crippen LogP contribution is 2.19. The Balaban J connectivity index is 1.97. The molecule has 0 aliphatic heterocycles. The molecule has 22 heavy (non-hydrogen) atoms. The molecule has 2 rings (SSSR count). The van der Waals surface area contributed by atoms with Gasteiger partial charge < -0.3 is 20.3 Å². The lowest BCUT2D eigenvalue weighted by molar-refractivity contribution is -0.136. The van der Waals surface area contributed by atoms with Gasteiger partial charge in [0.05, 0.1) is 0 Å². The second kappa shape index (κ2) is 7.09. The maximum atomic E-state index is 11.9. The van der Waals surface area contributed by atoms with E-state index in [0.29, 0.717) is 18.5 Å². The fraction of sp³-hybridized carbons (Fsp3) is 0.375. The normalized spacial score (nSPS) is 12.1. The van der Waals surface area contributed by atoms with E-state index in [0.717, 1.165) is 10.9 Å². The summed E-state index contributed by atoms with van der Waals surface area (Å²) in [5, 5.41) is 15.0. The quantitative estimate of drug-likeness (QED) is 0.730. The molecule has 0 radical (unpaired) electrons. The van der Waals surface area contributed by atoms with Crippen molar-refractivity contribution >= 4 is 28.4 Å². The molecule has 1 heterocycles. The van der Waals surface area contributed by atoms with Crippen molar-refractivity contribution in [2.24, 2.45) is 7.05 Å². The number of amides is 2. The fourth-order valence-corrected chi connectivity index (χ4v) is 2.29. The minimum absolute atomic E-state index is 0.0725. The summed E-state index contributed by atoms with van der Waals surface area (Å²) in [6.45, 7) is 1.87. The molecule has 2 amide bonds. The Morgan fingerprint density at radius 3 is 2.77 bits per heavy atom.